The Balaban J connectivity index is 1.83. The van der Waals surface area contributed by atoms with E-state index in [-0.39, 0.29) is 12.0 Å². The van der Waals surface area contributed by atoms with Gasteiger partial charge in [-0.1, -0.05) is 6.58 Å². The third-order valence-corrected chi connectivity index (χ3v) is 2.79. The molecule has 1 aromatic heterocycles. The molecule has 0 atom stereocenters. The van der Waals surface area contributed by atoms with Gasteiger partial charge in [0.15, 0.2) is 0 Å². The van der Waals surface area contributed by atoms with E-state index >= 15 is 0 Å². The quantitative estimate of drug-likeness (QED) is 0.732. The number of carbonyl (C=O) groups is 1. The van der Waals surface area contributed by atoms with E-state index in [1.165, 1.54) is 6.08 Å². The van der Waals surface area contributed by atoms with Gasteiger partial charge >= 0.3 is 0 Å². The van der Waals surface area contributed by atoms with E-state index in [0.29, 0.717) is 13.1 Å². The number of hydrogen-bond donors (Lipinski definition) is 0. The number of likely N-dealkylation sites (tertiary alicyclic amines) is 1. The van der Waals surface area contributed by atoms with Crippen LogP contribution in [-0.4, -0.2) is 40.2 Å². The van der Waals surface area contributed by atoms with Crippen molar-refractivity contribution in [3.8, 4) is 5.75 Å². The molecular weight excluding hydrogens is 218 g/mol. The fourth-order valence-electron chi connectivity index (χ4n) is 1.86. The molecule has 0 spiro atoms. The van der Waals surface area contributed by atoms with E-state index in [1.807, 2.05) is 0 Å². The van der Waals surface area contributed by atoms with Crippen LogP contribution >= 0.6 is 0 Å². The molecule has 1 aliphatic rings. The second-order valence-electron chi connectivity index (χ2n) is 3.92. The molecule has 0 aliphatic carbocycles. The zero-order valence-electron chi connectivity index (χ0n) is 9.58. The fourth-order valence-corrected chi connectivity index (χ4v) is 1.86. The summed E-state index contributed by atoms with van der Waals surface area (Å²) in [6, 6.07) is 1.79. The normalized spacial score (nSPS) is 16.6. The van der Waals surface area contributed by atoms with Gasteiger partial charge in [0.2, 0.25) is 5.91 Å². The molecule has 0 saturated carbocycles. The number of amides is 1. The van der Waals surface area contributed by atoms with Crippen molar-refractivity contribution < 1.29 is 9.53 Å². The number of hydrogen-bond acceptors (Lipinski definition) is 4. The molecule has 0 unspecified atom stereocenters. The molecule has 0 radical (unpaired) electrons. The van der Waals surface area contributed by atoms with Crippen LogP contribution in [0.4, 0.5) is 0 Å². The van der Waals surface area contributed by atoms with Crippen LogP contribution in [0.25, 0.3) is 0 Å². The summed E-state index contributed by atoms with van der Waals surface area (Å²) in [7, 11) is 0. The second kappa shape index (κ2) is 5.43. The maximum Gasteiger partial charge on any atom is 0.245 e. The molecule has 2 rings (SSSR count). The Morgan fingerprint density at radius 3 is 2.82 bits per heavy atom. The zero-order chi connectivity index (χ0) is 12.1. The average molecular weight is 233 g/mol. The third-order valence-electron chi connectivity index (χ3n) is 2.79. The highest BCUT2D eigenvalue weighted by Crippen LogP contribution is 2.17. The molecule has 1 aliphatic heterocycles. The molecule has 0 N–H and O–H groups in total. The van der Waals surface area contributed by atoms with Crippen molar-refractivity contribution in [2.24, 2.45) is 0 Å². The predicted molar refractivity (Wildman–Crippen MR) is 62.5 cm³/mol. The average Bonchev–Trinajstić information content (AvgIpc) is 2.40. The van der Waals surface area contributed by atoms with Gasteiger partial charge in [-0.05, 0) is 6.08 Å². The standard InChI is InChI=1S/C12H15N3O2/c1-2-12(16)15-7-4-10(5-8-15)17-11-3-6-13-14-9-11/h2-3,6,9-10H,1,4-5,7-8H2. The van der Waals surface area contributed by atoms with Crippen LogP contribution < -0.4 is 4.74 Å². The van der Waals surface area contributed by atoms with Crippen molar-refractivity contribution in [2.75, 3.05) is 13.1 Å². The first-order valence-electron chi connectivity index (χ1n) is 5.64. The fraction of sp³-hybridized carbons (Fsp3) is 0.417. The van der Waals surface area contributed by atoms with Crippen LogP contribution in [0.1, 0.15) is 12.8 Å². The van der Waals surface area contributed by atoms with Gasteiger partial charge in [0, 0.05) is 32.0 Å². The Kier molecular flexibility index (Phi) is 3.69. The van der Waals surface area contributed by atoms with Crippen LogP contribution in [0.2, 0.25) is 0 Å². The maximum atomic E-state index is 11.4. The van der Waals surface area contributed by atoms with Gasteiger partial charge in [-0.3, -0.25) is 4.79 Å². The number of rotatable bonds is 3. The molecule has 5 heteroatoms. The lowest BCUT2D eigenvalue weighted by atomic mass is 10.1. The summed E-state index contributed by atoms with van der Waals surface area (Å²) in [6.07, 6.45) is 6.37. The number of aromatic nitrogens is 2. The molecule has 90 valence electrons. The minimum absolute atomic E-state index is 0.00553. The molecule has 1 fully saturated rings. The number of piperidine rings is 1. The SMILES string of the molecule is C=CC(=O)N1CCC(Oc2ccnnc2)CC1. The Bertz CT molecular complexity index is 386. The van der Waals surface area contributed by atoms with Crippen LogP contribution in [0.15, 0.2) is 31.1 Å². The minimum Gasteiger partial charge on any atom is -0.489 e. The molecule has 2 heterocycles. The lowest BCUT2D eigenvalue weighted by Gasteiger charge is -2.31. The minimum atomic E-state index is -0.00553. The van der Waals surface area contributed by atoms with E-state index in [2.05, 4.69) is 16.8 Å². The van der Waals surface area contributed by atoms with E-state index in [4.69, 9.17) is 4.74 Å². The number of carbonyl (C=O) groups excluding carboxylic acids is 1. The van der Waals surface area contributed by atoms with Crippen molar-refractivity contribution in [3.63, 3.8) is 0 Å². The zero-order valence-corrected chi connectivity index (χ0v) is 9.58. The summed E-state index contributed by atoms with van der Waals surface area (Å²) in [5.41, 5.74) is 0. The second-order valence-corrected chi connectivity index (χ2v) is 3.92. The van der Waals surface area contributed by atoms with E-state index in [1.54, 1.807) is 23.4 Å². The van der Waals surface area contributed by atoms with Gasteiger partial charge in [-0.15, -0.1) is 0 Å². The van der Waals surface area contributed by atoms with E-state index < -0.39 is 0 Å². The van der Waals surface area contributed by atoms with Gasteiger partial charge < -0.3 is 9.64 Å². The Labute approximate surface area is 100 Å². The van der Waals surface area contributed by atoms with Crippen molar-refractivity contribution in [1.29, 1.82) is 0 Å². The van der Waals surface area contributed by atoms with Crippen LogP contribution in [-0.2, 0) is 4.79 Å². The summed E-state index contributed by atoms with van der Waals surface area (Å²) < 4.78 is 5.75. The monoisotopic (exact) mass is 233 g/mol. The predicted octanol–water partition coefficient (Wildman–Crippen LogP) is 1.03. The maximum absolute atomic E-state index is 11.4. The summed E-state index contributed by atoms with van der Waals surface area (Å²) >= 11 is 0. The molecule has 17 heavy (non-hydrogen) atoms. The van der Waals surface area contributed by atoms with Gasteiger partial charge in [0.05, 0.1) is 12.4 Å². The van der Waals surface area contributed by atoms with Crippen LogP contribution in [0.3, 0.4) is 0 Å². The first-order chi connectivity index (χ1) is 8.29. The molecule has 1 aromatic rings. The number of ether oxygens (including phenoxy) is 1. The largest absolute Gasteiger partial charge is 0.489 e. The molecule has 5 nitrogen and oxygen atoms in total. The summed E-state index contributed by atoms with van der Waals surface area (Å²) in [4.78, 5) is 13.2. The Morgan fingerprint density at radius 1 is 1.47 bits per heavy atom. The third kappa shape index (κ3) is 3.03. The summed E-state index contributed by atoms with van der Waals surface area (Å²) in [5.74, 6) is 0.725. The molecule has 0 aromatic carbocycles. The van der Waals surface area contributed by atoms with Crippen molar-refractivity contribution >= 4 is 5.91 Å². The van der Waals surface area contributed by atoms with Crippen LogP contribution in [0.5, 0.6) is 5.75 Å². The molecule has 1 saturated heterocycles. The molecular formula is C12H15N3O2. The first kappa shape index (κ1) is 11.6. The van der Waals surface area contributed by atoms with Gasteiger partial charge in [-0.2, -0.15) is 10.2 Å². The van der Waals surface area contributed by atoms with E-state index in [0.717, 1.165) is 18.6 Å². The summed E-state index contributed by atoms with van der Waals surface area (Å²) in [6.45, 7) is 4.92. The lowest BCUT2D eigenvalue weighted by molar-refractivity contribution is -0.127. The van der Waals surface area contributed by atoms with Crippen molar-refractivity contribution in [2.45, 2.75) is 18.9 Å². The lowest BCUT2D eigenvalue weighted by Crippen LogP contribution is -2.41. The van der Waals surface area contributed by atoms with Crippen molar-refractivity contribution in [3.05, 3.63) is 31.1 Å². The van der Waals surface area contributed by atoms with Gasteiger partial charge in [0.25, 0.3) is 0 Å². The smallest absolute Gasteiger partial charge is 0.245 e. The van der Waals surface area contributed by atoms with Crippen molar-refractivity contribution in [1.82, 2.24) is 15.1 Å². The molecule has 1 amide bonds. The summed E-state index contributed by atoms with van der Waals surface area (Å²) in [5, 5.41) is 7.44. The molecule has 0 bridgehead atoms. The Morgan fingerprint density at radius 2 is 2.24 bits per heavy atom. The van der Waals surface area contributed by atoms with Gasteiger partial charge in [-0.25, -0.2) is 0 Å². The highest BCUT2D eigenvalue weighted by molar-refractivity contribution is 5.87. The van der Waals surface area contributed by atoms with E-state index in [9.17, 15) is 4.79 Å². The number of nitrogens with zero attached hydrogens (tertiary/aromatic N) is 3. The highest BCUT2D eigenvalue weighted by Gasteiger charge is 2.22. The highest BCUT2D eigenvalue weighted by atomic mass is 16.5. The Hall–Kier alpha value is -1.91. The first-order valence-corrected chi connectivity index (χ1v) is 5.64. The topological polar surface area (TPSA) is 55.3 Å². The van der Waals surface area contributed by atoms with Gasteiger partial charge in [0.1, 0.15) is 11.9 Å². The van der Waals surface area contributed by atoms with Crippen LogP contribution in [0, 0.1) is 0 Å².